The third-order valence-electron chi connectivity index (χ3n) is 2.46. The molecule has 2 aromatic rings. The lowest BCUT2D eigenvalue weighted by molar-refractivity contribution is 0.304. The van der Waals surface area contributed by atoms with Gasteiger partial charge in [-0.1, -0.05) is 18.2 Å². The second-order valence-corrected chi connectivity index (χ2v) is 5.07. The molecular weight excluding hydrogens is 330 g/mol. The van der Waals surface area contributed by atoms with Gasteiger partial charge in [0.25, 0.3) is 0 Å². The molecule has 0 aliphatic carbocycles. The van der Waals surface area contributed by atoms with Crippen molar-refractivity contribution in [2.24, 2.45) is 0 Å². The summed E-state index contributed by atoms with van der Waals surface area (Å²) in [5.41, 5.74) is 1.71. The molecule has 17 heavy (non-hydrogen) atoms. The summed E-state index contributed by atoms with van der Waals surface area (Å²) in [5, 5.41) is 0. The highest BCUT2D eigenvalue weighted by Gasteiger charge is 2.00. The number of aryl methyl sites for hydroxylation is 1. The second kappa shape index (κ2) is 5.49. The van der Waals surface area contributed by atoms with Crippen LogP contribution in [0.3, 0.4) is 0 Å². The quantitative estimate of drug-likeness (QED) is 0.755. The Morgan fingerprint density at radius 3 is 2.47 bits per heavy atom. The molecule has 0 saturated carbocycles. The van der Waals surface area contributed by atoms with Crippen LogP contribution in [0, 0.1) is 16.3 Å². The first-order valence-corrected chi connectivity index (χ1v) is 6.36. The zero-order valence-corrected chi connectivity index (χ0v) is 11.6. The SMILES string of the molecule is Cc1ccc(OCc2ccc(I)cc2)cc1F. The molecule has 0 aliphatic rings. The normalized spacial score (nSPS) is 10.3. The Morgan fingerprint density at radius 1 is 1.12 bits per heavy atom. The van der Waals surface area contributed by atoms with Gasteiger partial charge >= 0.3 is 0 Å². The Balaban J connectivity index is 2.02. The van der Waals surface area contributed by atoms with Gasteiger partial charge in [0, 0.05) is 9.64 Å². The molecule has 88 valence electrons. The fourth-order valence-corrected chi connectivity index (χ4v) is 1.77. The van der Waals surface area contributed by atoms with Crippen LogP contribution in [0.1, 0.15) is 11.1 Å². The molecule has 0 fully saturated rings. The van der Waals surface area contributed by atoms with Crippen molar-refractivity contribution in [3.63, 3.8) is 0 Å². The van der Waals surface area contributed by atoms with Gasteiger partial charge in [-0.15, -0.1) is 0 Å². The molecule has 2 aromatic carbocycles. The van der Waals surface area contributed by atoms with Crippen LogP contribution in [0.2, 0.25) is 0 Å². The van der Waals surface area contributed by atoms with E-state index in [0.717, 1.165) is 5.56 Å². The van der Waals surface area contributed by atoms with Gasteiger partial charge in [0.05, 0.1) is 0 Å². The van der Waals surface area contributed by atoms with E-state index in [1.54, 1.807) is 19.1 Å². The smallest absolute Gasteiger partial charge is 0.129 e. The number of hydrogen-bond donors (Lipinski definition) is 0. The van der Waals surface area contributed by atoms with E-state index in [9.17, 15) is 4.39 Å². The van der Waals surface area contributed by atoms with Crippen molar-refractivity contribution in [3.8, 4) is 5.75 Å². The van der Waals surface area contributed by atoms with Crippen LogP contribution >= 0.6 is 22.6 Å². The predicted molar refractivity (Wildman–Crippen MR) is 74.6 cm³/mol. The molecule has 0 atom stereocenters. The minimum absolute atomic E-state index is 0.231. The molecule has 0 unspecified atom stereocenters. The Labute approximate surface area is 114 Å². The van der Waals surface area contributed by atoms with E-state index in [2.05, 4.69) is 22.6 Å². The highest BCUT2D eigenvalue weighted by atomic mass is 127. The Bertz CT molecular complexity index is 508. The van der Waals surface area contributed by atoms with Crippen molar-refractivity contribution in [3.05, 3.63) is 63.0 Å². The van der Waals surface area contributed by atoms with Crippen LogP contribution in [-0.4, -0.2) is 0 Å². The van der Waals surface area contributed by atoms with Gasteiger partial charge in [-0.25, -0.2) is 4.39 Å². The molecule has 3 heteroatoms. The summed E-state index contributed by atoms with van der Waals surface area (Å²) in [6, 6.07) is 13.0. The summed E-state index contributed by atoms with van der Waals surface area (Å²) < 4.78 is 20.0. The molecule has 0 aliphatic heterocycles. The fourth-order valence-electron chi connectivity index (χ4n) is 1.41. The third-order valence-corrected chi connectivity index (χ3v) is 3.18. The molecular formula is C14H12FIO. The van der Waals surface area contributed by atoms with Crippen molar-refractivity contribution in [2.45, 2.75) is 13.5 Å². The first-order valence-electron chi connectivity index (χ1n) is 5.28. The molecule has 0 bridgehead atoms. The van der Waals surface area contributed by atoms with Crippen molar-refractivity contribution < 1.29 is 9.13 Å². The Kier molecular flexibility index (Phi) is 3.99. The minimum atomic E-state index is -0.231. The second-order valence-electron chi connectivity index (χ2n) is 3.83. The number of rotatable bonds is 3. The van der Waals surface area contributed by atoms with Gasteiger partial charge in [-0.05, 0) is 58.8 Å². The van der Waals surface area contributed by atoms with Crippen LogP contribution < -0.4 is 4.74 Å². The van der Waals surface area contributed by atoms with E-state index in [0.29, 0.717) is 17.9 Å². The number of halogens is 2. The average molecular weight is 342 g/mol. The molecule has 2 rings (SSSR count). The molecule has 0 heterocycles. The van der Waals surface area contributed by atoms with Crippen LogP contribution in [0.4, 0.5) is 4.39 Å². The maximum Gasteiger partial charge on any atom is 0.129 e. The average Bonchev–Trinajstić information content (AvgIpc) is 2.33. The standard InChI is InChI=1S/C14H12FIO/c1-10-2-7-13(8-14(10)15)17-9-11-3-5-12(16)6-4-11/h2-8H,9H2,1H3. The van der Waals surface area contributed by atoms with E-state index in [1.165, 1.54) is 9.64 Å². The Hall–Kier alpha value is -1.10. The molecule has 0 spiro atoms. The topological polar surface area (TPSA) is 9.23 Å². The van der Waals surface area contributed by atoms with Gasteiger partial charge in [0.2, 0.25) is 0 Å². The highest BCUT2D eigenvalue weighted by molar-refractivity contribution is 14.1. The lowest BCUT2D eigenvalue weighted by Gasteiger charge is -2.07. The lowest BCUT2D eigenvalue weighted by atomic mass is 10.2. The monoisotopic (exact) mass is 342 g/mol. The molecule has 0 radical (unpaired) electrons. The molecule has 0 N–H and O–H groups in total. The summed E-state index contributed by atoms with van der Waals surface area (Å²) in [4.78, 5) is 0. The predicted octanol–water partition coefficient (Wildman–Crippen LogP) is 4.32. The van der Waals surface area contributed by atoms with Gasteiger partial charge in [-0.3, -0.25) is 0 Å². The largest absolute Gasteiger partial charge is 0.489 e. The van der Waals surface area contributed by atoms with Crippen LogP contribution in [-0.2, 0) is 6.61 Å². The maximum absolute atomic E-state index is 13.3. The van der Waals surface area contributed by atoms with E-state index in [4.69, 9.17) is 4.74 Å². The van der Waals surface area contributed by atoms with Crippen molar-refractivity contribution in [1.82, 2.24) is 0 Å². The first kappa shape index (κ1) is 12.4. The molecule has 0 amide bonds. The summed E-state index contributed by atoms with van der Waals surface area (Å²) in [6.45, 7) is 2.19. The summed E-state index contributed by atoms with van der Waals surface area (Å²) in [6.07, 6.45) is 0. The first-order chi connectivity index (χ1) is 8.15. The number of ether oxygens (including phenoxy) is 1. The van der Waals surface area contributed by atoms with Crippen molar-refractivity contribution in [1.29, 1.82) is 0 Å². The molecule has 1 nitrogen and oxygen atoms in total. The number of benzene rings is 2. The zero-order chi connectivity index (χ0) is 12.3. The number of hydrogen-bond acceptors (Lipinski definition) is 1. The summed E-state index contributed by atoms with van der Waals surface area (Å²) in [7, 11) is 0. The van der Waals surface area contributed by atoms with Crippen LogP contribution in [0.15, 0.2) is 42.5 Å². The van der Waals surface area contributed by atoms with Gasteiger partial charge in [0.1, 0.15) is 18.2 Å². The highest BCUT2D eigenvalue weighted by Crippen LogP contribution is 2.17. The van der Waals surface area contributed by atoms with Crippen LogP contribution in [0.5, 0.6) is 5.75 Å². The Morgan fingerprint density at radius 2 is 1.82 bits per heavy atom. The van der Waals surface area contributed by atoms with Gasteiger partial charge in [-0.2, -0.15) is 0 Å². The summed E-state index contributed by atoms with van der Waals surface area (Å²) >= 11 is 2.25. The maximum atomic E-state index is 13.3. The van der Waals surface area contributed by atoms with Crippen LogP contribution in [0.25, 0.3) is 0 Å². The van der Waals surface area contributed by atoms with E-state index >= 15 is 0 Å². The van der Waals surface area contributed by atoms with Crippen molar-refractivity contribution in [2.75, 3.05) is 0 Å². The molecule has 0 saturated heterocycles. The van der Waals surface area contributed by atoms with Gasteiger partial charge < -0.3 is 4.74 Å². The summed E-state index contributed by atoms with van der Waals surface area (Å²) in [5.74, 6) is 0.330. The minimum Gasteiger partial charge on any atom is -0.489 e. The molecule has 0 aromatic heterocycles. The van der Waals surface area contributed by atoms with Crippen molar-refractivity contribution >= 4 is 22.6 Å². The van der Waals surface area contributed by atoms with E-state index < -0.39 is 0 Å². The zero-order valence-electron chi connectivity index (χ0n) is 9.41. The third kappa shape index (κ3) is 3.43. The van der Waals surface area contributed by atoms with E-state index in [-0.39, 0.29) is 5.82 Å². The fraction of sp³-hybridized carbons (Fsp3) is 0.143. The van der Waals surface area contributed by atoms with Gasteiger partial charge in [0.15, 0.2) is 0 Å². The van der Waals surface area contributed by atoms with E-state index in [1.807, 2.05) is 24.3 Å². The lowest BCUT2D eigenvalue weighted by Crippen LogP contribution is -1.96.